The second-order valence-corrected chi connectivity index (χ2v) is 7.15. The molecule has 2 N–H and O–H groups in total. The minimum absolute atomic E-state index is 0.0604. The van der Waals surface area contributed by atoms with E-state index in [1.807, 2.05) is 13.8 Å². The van der Waals surface area contributed by atoms with Gasteiger partial charge in [0.1, 0.15) is 11.3 Å². The fourth-order valence-electron chi connectivity index (χ4n) is 1.84. The zero-order valence-electron chi connectivity index (χ0n) is 13.8. The summed E-state index contributed by atoms with van der Waals surface area (Å²) in [4.78, 5) is 16.4. The molecule has 7 heteroatoms. The van der Waals surface area contributed by atoms with Crippen LogP contribution in [-0.2, 0) is 9.53 Å². The molecular formula is C17H21Br2NO4. The number of aliphatic imine (C=N–C) groups is 1. The molecule has 0 bridgehead atoms. The van der Waals surface area contributed by atoms with Crippen LogP contribution in [0.3, 0.4) is 0 Å². The number of ether oxygens (including phenoxy) is 1. The van der Waals surface area contributed by atoms with Gasteiger partial charge >= 0.3 is 5.97 Å². The number of aliphatic hydroxyl groups excluding tert-OH is 2. The number of rotatable bonds is 7. The average molecular weight is 463 g/mol. The first-order valence-corrected chi connectivity index (χ1v) is 9.10. The van der Waals surface area contributed by atoms with Gasteiger partial charge in [-0.2, -0.15) is 0 Å². The number of hydrogen-bond acceptors (Lipinski definition) is 5. The van der Waals surface area contributed by atoms with Crippen molar-refractivity contribution in [3.05, 3.63) is 38.3 Å². The van der Waals surface area contributed by atoms with E-state index in [1.165, 1.54) is 6.21 Å². The highest BCUT2D eigenvalue weighted by molar-refractivity contribution is 9.11. The second kappa shape index (κ2) is 9.96. The third-order valence-electron chi connectivity index (χ3n) is 3.29. The van der Waals surface area contributed by atoms with Gasteiger partial charge in [-0.1, -0.05) is 45.7 Å². The Balaban J connectivity index is 3.38. The van der Waals surface area contributed by atoms with E-state index in [0.717, 1.165) is 4.47 Å². The van der Waals surface area contributed by atoms with Gasteiger partial charge in [0.2, 0.25) is 0 Å². The van der Waals surface area contributed by atoms with Crippen LogP contribution in [0.15, 0.2) is 37.7 Å². The minimum atomic E-state index is -0.675. The van der Waals surface area contributed by atoms with Crippen LogP contribution in [0.5, 0.6) is 0 Å². The van der Waals surface area contributed by atoms with E-state index >= 15 is 0 Å². The molecule has 0 unspecified atom stereocenters. The molecule has 1 atom stereocenters. The molecule has 5 nitrogen and oxygen atoms in total. The van der Waals surface area contributed by atoms with Crippen LogP contribution in [-0.4, -0.2) is 41.7 Å². The highest BCUT2D eigenvalue weighted by Crippen LogP contribution is 2.28. The van der Waals surface area contributed by atoms with E-state index in [0.29, 0.717) is 10.0 Å². The van der Waals surface area contributed by atoms with Crippen LogP contribution in [0, 0.1) is 5.92 Å². The lowest BCUT2D eigenvalue weighted by molar-refractivity contribution is -0.137. The van der Waals surface area contributed by atoms with Crippen molar-refractivity contribution in [2.75, 3.05) is 13.2 Å². The molecular weight excluding hydrogens is 442 g/mol. The van der Waals surface area contributed by atoms with Gasteiger partial charge < -0.3 is 14.9 Å². The van der Waals surface area contributed by atoms with E-state index in [2.05, 4.69) is 36.9 Å². The Hall–Kier alpha value is -1.18. The van der Waals surface area contributed by atoms with E-state index in [9.17, 15) is 15.0 Å². The Morgan fingerprint density at radius 3 is 2.58 bits per heavy atom. The molecule has 0 saturated heterocycles. The molecule has 0 aliphatic carbocycles. The molecule has 1 aromatic rings. The SMILES string of the molecule is CCOC(=O)C(C=N[C@H](CO)C(C)C)=C(O)c1cc(Br)ccc1Br. The predicted octanol–water partition coefficient (Wildman–Crippen LogP) is 4.13. The molecule has 1 rings (SSSR count). The number of carbonyl (C=O) groups excluding carboxylic acids is 1. The second-order valence-electron chi connectivity index (χ2n) is 5.38. The summed E-state index contributed by atoms with van der Waals surface area (Å²) in [5.41, 5.74) is 0.374. The highest BCUT2D eigenvalue weighted by Gasteiger charge is 2.19. The standard InChI is InChI=1S/C17H21Br2NO4/c1-4-24-17(23)13(8-20-15(9-21)10(2)3)16(22)12-7-11(18)5-6-14(12)19/h5-8,10,15,21-22H,4,9H2,1-3H3/t15-/m1/s1. The summed E-state index contributed by atoms with van der Waals surface area (Å²) < 4.78 is 6.38. The number of nitrogens with zero attached hydrogens (tertiary/aromatic N) is 1. The summed E-state index contributed by atoms with van der Waals surface area (Å²) in [7, 11) is 0. The lowest BCUT2D eigenvalue weighted by Crippen LogP contribution is -2.19. The zero-order chi connectivity index (χ0) is 18.3. The first-order valence-electron chi connectivity index (χ1n) is 7.51. The summed E-state index contributed by atoms with van der Waals surface area (Å²) in [6.07, 6.45) is 1.27. The maximum atomic E-state index is 12.2. The Labute approximate surface area is 158 Å². The van der Waals surface area contributed by atoms with Crippen LogP contribution in [0.25, 0.3) is 5.76 Å². The molecule has 0 heterocycles. The number of esters is 1. The molecule has 0 aliphatic heterocycles. The monoisotopic (exact) mass is 461 g/mol. The first-order chi connectivity index (χ1) is 11.3. The molecule has 0 aromatic heterocycles. The summed E-state index contributed by atoms with van der Waals surface area (Å²) in [6.45, 7) is 5.54. The van der Waals surface area contributed by atoms with Crippen molar-refractivity contribution < 1.29 is 19.7 Å². The van der Waals surface area contributed by atoms with Gasteiger partial charge in [-0.15, -0.1) is 0 Å². The number of halogens is 2. The van der Waals surface area contributed by atoms with E-state index in [1.54, 1.807) is 25.1 Å². The fourth-order valence-corrected chi connectivity index (χ4v) is 2.64. The fraction of sp³-hybridized carbons (Fsp3) is 0.412. The van der Waals surface area contributed by atoms with Crippen molar-refractivity contribution in [2.24, 2.45) is 10.9 Å². The molecule has 0 spiro atoms. The zero-order valence-corrected chi connectivity index (χ0v) is 17.0. The number of benzene rings is 1. The molecule has 132 valence electrons. The first kappa shape index (κ1) is 20.9. The molecule has 1 aromatic carbocycles. The van der Waals surface area contributed by atoms with Crippen molar-refractivity contribution in [3.63, 3.8) is 0 Å². The normalized spacial score (nSPS) is 14.0. The maximum absolute atomic E-state index is 12.2. The molecule has 0 radical (unpaired) electrons. The summed E-state index contributed by atoms with van der Waals surface area (Å²) in [5, 5.41) is 19.9. The topological polar surface area (TPSA) is 79.1 Å². The van der Waals surface area contributed by atoms with Crippen LogP contribution >= 0.6 is 31.9 Å². The third kappa shape index (κ3) is 5.72. The molecule has 0 amide bonds. The van der Waals surface area contributed by atoms with Crippen molar-refractivity contribution in [2.45, 2.75) is 26.8 Å². The van der Waals surface area contributed by atoms with Gasteiger partial charge in [0.05, 0.1) is 19.3 Å². The number of carbonyl (C=O) groups is 1. The van der Waals surface area contributed by atoms with Gasteiger partial charge in [0, 0.05) is 20.7 Å². The van der Waals surface area contributed by atoms with Crippen LogP contribution in [0.1, 0.15) is 26.3 Å². The van der Waals surface area contributed by atoms with Gasteiger partial charge in [-0.05, 0) is 31.0 Å². The Kier molecular flexibility index (Phi) is 8.66. The number of hydrogen-bond donors (Lipinski definition) is 2. The van der Waals surface area contributed by atoms with Gasteiger partial charge in [-0.3, -0.25) is 4.99 Å². The van der Waals surface area contributed by atoms with Gasteiger partial charge in [0.15, 0.2) is 0 Å². The smallest absolute Gasteiger partial charge is 0.343 e. The third-order valence-corrected chi connectivity index (χ3v) is 4.47. The molecule has 0 fully saturated rings. The minimum Gasteiger partial charge on any atom is -0.506 e. The van der Waals surface area contributed by atoms with Gasteiger partial charge in [0.25, 0.3) is 0 Å². The summed E-state index contributed by atoms with van der Waals surface area (Å²) in [5.74, 6) is -0.827. The predicted molar refractivity (Wildman–Crippen MR) is 102 cm³/mol. The largest absolute Gasteiger partial charge is 0.506 e. The van der Waals surface area contributed by atoms with Crippen molar-refractivity contribution in [1.82, 2.24) is 0 Å². The Morgan fingerprint density at radius 2 is 2.04 bits per heavy atom. The van der Waals surface area contributed by atoms with Crippen molar-refractivity contribution >= 4 is 49.8 Å². The van der Waals surface area contributed by atoms with Crippen LogP contribution in [0.4, 0.5) is 0 Å². The summed E-state index contributed by atoms with van der Waals surface area (Å²) in [6, 6.07) is 4.87. The lowest BCUT2D eigenvalue weighted by atomic mass is 10.1. The average Bonchev–Trinajstić information content (AvgIpc) is 2.53. The van der Waals surface area contributed by atoms with Crippen LogP contribution in [0.2, 0.25) is 0 Å². The quantitative estimate of drug-likeness (QED) is 0.276. The lowest BCUT2D eigenvalue weighted by Gasteiger charge is -2.14. The van der Waals surface area contributed by atoms with Crippen LogP contribution < -0.4 is 0 Å². The van der Waals surface area contributed by atoms with Crippen molar-refractivity contribution in [3.8, 4) is 0 Å². The van der Waals surface area contributed by atoms with Gasteiger partial charge in [-0.25, -0.2) is 4.79 Å². The van der Waals surface area contributed by atoms with E-state index in [-0.39, 0.29) is 36.5 Å². The molecule has 0 aliphatic rings. The maximum Gasteiger partial charge on any atom is 0.343 e. The molecule has 24 heavy (non-hydrogen) atoms. The Bertz CT molecular complexity index is 641. The Morgan fingerprint density at radius 1 is 1.38 bits per heavy atom. The molecule has 0 saturated carbocycles. The highest BCUT2D eigenvalue weighted by atomic mass is 79.9. The number of aliphatic hydroxyl groups is 2. The van der Waals surface area contributed by atoms with Crippen molar-refractivity contribution in [1.29, 1.82) is 0 Å². The van der Waals surface area contributed by atoms with E-state index < -0.39 is 5.97 Å². The van der Waals surface area contributed by atoms with E-state index in [4.69, 9.17) is 4.74 Å². The summed E-state index contributed by atoms with van der Waals surface area (Å²) >= 11 is 6.69.